The summed E-state index contributed by atoms with van der Waals surface area (Å²) in [5.41, 5.74) is 2.73. The van der Waals surface area contributed by atoms with Gasteiger partial charge in [-0.2, -0.15) is 0 Å². The Bertz CT molecular complexity index is 903. The van der Waals surface area contributed by atoms with E-state index in [1.54, 1.807) is 36.4 Å². The van der Waals surface area contributed by atoms with E-state index in [0.717, 1.165) is 31.4 Å². The molecule has 1 heterocycles. The van der Waals surface area contributed by atoms with E-state index in [2.05, 4.69) is 22.5 Å². The summed E-state index contributed by atoms with van der Waals surface area (Å²) < 4.78 is 10.4. The van der Waals surface area contributed by atoms with Crippen LogP contribution in [0, 0.1) is 0 Å². The van der Waals surface area contributed by atoms with Crippen LogP contribution in [0.4, 0.5) is 5.69 Å². The molecular weight excluding hydrogens is 382 g/mol. The summed E-state index contributed by atoms with van der Waals surface area (Å²) in [4.78, 5) is 29.1. The zero-order valence-electron chi connectivity index (χ0n) is 17.3. The molecule has 0 bridgehead atoms. The molecule has 7 nitrogen and oxygen atoms in total. The number of anilines is 1. The largest absolute Gasteiger partial charge is 0.465 e. The van der Waals surface area contributed by atoms with Crippen LogP contribution in [0.1, 0.15) is 46.0 Å². The minimum Gasteiger partial charge on any atom is -0.465 e. The minimum atomic E-state index is -0.434. The number of hydrogen-bond acceptors (Lipinski definition) is 5. The van der Waals surface area contributed by atoms with Gasteiger partial charge in [-0.25, -0.2) is 9.79 Å². The third kappa shape index (κ3) is 5.90. The van der Waals surface area contributed by atoms with Crippen LogP contribution in [-0.4, -0.2) is 44.2 Å². The zero-order chi connectivity index (χ0) is 21.3. The number of aliphatic imine (C=N–C) groups is 1. The summed E-state index contributed by atoms with van der Waals surface area (Å²) in [5, 5.41) is 5.93. The molecule has 2 aromatic carbocycles. The van der Waals surface area contributed by atoms with E-state index in [1.807, 2.05) is 12.1 Å². The van der Waals surface area contributed by atoms with Gasteiger partial charge in [0.05, 0.1) is 25.3 Å². The number of amides is 1. The highest BCUT2D eigenvalue weighted by molar-refractivity contribution is 6.10. The summed E-state index contributed by atoms with van der Waals surface area (Å²) in [7, 11) is 1.33. The van der Waals surface area contributed by atoms with Crippen molar-refractivity contribution in [2.75, 3.05) is 25.6 Å². The molecule has 158 valence electrons. The Labute approximate surface area is 176 Å². The maximum absolute atomic E-state index is 12.7. The van der Waals surface area contributed by atoms with Crippen molar-refractivity contribution in [1.29, 1.82) is 0 Å². The van der Waals surface area contributed by atoms with Crippen LogP contribution in [-0.2, 0) is 15.9 Å². The average Bonchev–Trinajstić information content (AvgIpc) is 3.31. The molecule has 1 aliphatic rings. The van der Waals surface area contributed by atoms with E-state index in [-0.39, 0.29) is 12.0 Å². The number of nitrogens with one attached hydrogen (secondary N) is 2. The second-order valence-electron chi connectivity index (χ2n) is 7.03. The molecule has 1 fully saturated rings. The first-order valence-electron chi connectivity index (χ1n) is 10.1. The van der Waals surface area contributed by atoms with Gasteiger partial charge in [-0.15, -0.1) is 0 Å². The van der Waals surface area contributed by atoms with E-state index in [0.29, 0.717) is 29.3 Å². The number of guanidine groups is 1. The molecule has 7 heteroatoms. The lowest BCUT2D eigenvalue weighted by Gasteiger charge is -2.14. The summed E-state index contributed by atoms with van der Waals surface area (Å²) in [6, 6.07) is 14.3. The predicted octanol–water partition coefficient (Wildman–Crippen LogP) is 3.41. The molecule has 3 rings (SSSR count). The Morgan fingerprint density at radius 1 is 1.17 bits per heavy atom. The van der Waals surface area contributed by atoms with E-state index < -0.39 is 5.97 Å². The Balaban J connectivity index is 1.76. The van der Waals surface area contributed by atoms with Crippen LogP contribution >= 0.6 is 0 Å². The highest BCUT2D eigenvalue weighted by atomic mass is 16.5. The third-order valence-corrected chi connectivity index (χ3v) is 4.88. The maximum atomic E-state index is 12.7. The fourth-order valence-corrected chi connectivity index (χ4v) is 3.14. The number of aryl methyl sites for hydroxylation is 1. The lowest BCUT2D eigenvalue weighted by molar-refractivity contribution is 0.0600. The van der Waals surface area contributed by atoms with Gasteiger partial charge >= 0.3 is 5.97 Å². The van der Waals surface area contributed by atoms with Crippen LogP contribution in [0.5, 0.6) is 0 Å². The van der Waals surface area contributed by atoms with Crippen LogP contribution in [0.25, 0.3) is 0 Å². The van der Waals surface area contributed by atoms with Gasteiger partial charge in [-0.1, -0.05) is 25.1 Å². The van der Waals surface area contributed by atoms with Gasteiger partial charge in [0, 0.05) is 17.9 Å². The number of methoxy groups -OCH3 is 1. The first kappa shape index (κ1) is 21.5. The Kier molecular flexibility index (Phi) is 7.57. The number of rotatable bonds is 6. The van der Waals surface area contributed by atoms with Gasteiger partial charge in [-0.3, -0.25) is 10.1 Å². The van der Waals surface area contributed by atoms with E-state index in [1.165, 1.54) is 7.11 Å². The highest BCUT2D eigenvalue weighted by Gasteiger charge is 2.16. The highest BCUT2D eigenvalue weighted by Crippen LogP contribution is 2.14. The molecule has 2 aromatic rings. The van der Waals surface area contributed by atoms with E-state index in [9.17, 15) is 9.59 Å². The van der Waals surface area contributed by atoms with Crippen molar-refractivity contribution in [3.63, 3.8) is 0 Å². The standard InChI is InChI=1S/C23H27N3O4/c1-3-16-9-11-17(12-10-16)21(27)26-23(24-15-20-8-5-13-30-20)25-19-7-4-6-18(14-19)22(28)29-2/h4,6-7,9-12,14,20H,3,5,8,13,15H2,1-2H3,(H2,24,25,26,27)/t20-/m0/s1. The molecule has 0 radical (unpaired) electrons. The van der Waals surface area contributed by atoms with Gasteiger partial charge in [0.15, 0.2) is 0 Å². The molecule has 0 saturated carbocycles. The zero-order valence-corrected chi connectivity index (χ0v) is 17.3. The smallest absolute Gasteiger partial charge is 0.337 e. The molecular formula is C23H27N3O4. The quantitative estimate of drug-likeness (QED) is 0.434. The van der Waals surface area contributed by atoms with Crippen molar-refractivity contribution >= 4 is 23.5 Å². The fourth-order valence-electron chi connectivity index (χ4n) is 3.14. The molecule has 0 aromatic heterocycles. The van der Waals surface area contributed by atoms with Crippen molar-refractivity contribution in [2.45, 2.75) is 32.3 Å². The Morgan fingerprint density at radius 3 is 2.63 bits per heavy atom. The second kappa shape index (κ2) is 10.5. The predicted molar refractivity (Wildman–Crippen MR) is 116 cm³/mol. The monoisotopic (exact) mass is 409 g/mol. The van der Waals surface area contributed by atoms with Crippen molar-refractivity contribution in [3.05, 3.63) is 65.2 Å². The maximum Gasteiger partial charge on any atom is 0.337 e. The van der Waals surface area contributed by atoms with Gasteiger partial charge in [0.2, 0.25) is 5.96 Å². The summed E-state index contributed by atoms with van der Waals surface area (Å²) in [6.45, 7) is 3.24. The van der Waals surface area contributed by atoms with Crippen LogP contribution in [0.3, 0.4) is 0 Å². The summed E-state index contributed by atoms with van der Waals surface area (Å²) in [5.74, 6) is -0.394. The summed E-state index contributed by atoms with van der Waals surface area (Å²) >= 11 is 0. The Hall–Kier alpha value is -3.19. The van der Waals surface area contributed by atoms with E-state index >= 15 is 0 Å². The molecule has 1 amide bonds. The van der Waals surface area contributed by atoms with Crippen LogP contribution in [0.15, 0.2) is 53.5 Å². The molecule has 1 saturated heterocycles. The lowest BCUT2D eigenvalue weighted by Crippen LogP contribution is -2.36. The average molecular weight is 409 g/mol. The number of benzene rings is 2. The van der Waals surface area contributed by atoms with E-state index in [4.69, 9.17) is 9.47 Å². The molecule has 1 atom stereocenters. The van der Waals surface area contributed by atoms with Gasteiger partial charge in [0.1, 0.15) is 0 Å². The summed E-state index contributed by atoms with van der Waals surface area (Å²) in [6.07, 6.45) is 2.92. The number of hydrogen-bond donors (Lipinski definition) is 2. The number of nitrogens with zero attached hydrogens (tertiary/aromatic N) is 1. The number of carbonyl (C=O) groups excluding carboxylic acids is 2. The number of ether oxygens (including phenoxy) is 2. The molecule has 2 N–H and O–H groups in total. The molecule has 30 heavy (non-hydrogen) atoms. The van der Waals surface area contributed by atoms with Gasteiger partial charge in [0.25, 0.3) is 5.91 Å². The van der Waals surface area contributed by atoms with Crippen LogP contribution < -0.4 is 10.6 Å². The van der Waals surface area contributed by atoms with Crippen molar-refractivity contribution in [3.8, 4) is 0 Å². The molecule has 1 aliphatic heterocycles. The van der Waals surface area contributed by atoms with Crippen molar-refractivity contribution in [2.24, 2.45) is 4.99 Å². The first-order chi connectivity index (χ1) is 14.6. The fraction of sp³-hybridized carbons (Fsp3) is 0.348. The lowest BCUT2D eigenvalue weighted by atomic mass is 10.1. The topological polar surface area (TPSA) is 89.0 Å². The van der Waals surface area contributed by atoms with Gasteiger partial charge < -0.3 is 14.8 Å². The number of esters is 1. The Morgan fingerprint density at radius 2 is 1.97 bits per heavy atom. The van der Waals surface area contributed by atoms with Crippen LogP contribution in [0.2, 0.25) is 0 Å². The molecule has 0 aliphatic carbocycles. The first-order valence-corrected chi connectivity index (χ1v) is 10.1. The molecule has 0 spiro atoms. The van der Waals surface area contributed by atoms with Crippen molar-refractivity contribution < 1.29 is 19.1 Å². The minimum absolute atomic E-state index is 0.0453. The normalized spacial score (nSPS) is 16.2. The number of carbonyl (C=O) groups is 2. The third-order valence-electron chi connectivity index (χ3n) is 4.88. The van der Waals surface area contributed by atoms with Crippen molar-refractivity contribution in [1.82, 2.24) is 5.32 Å². The van der Waals surface area contributed by atoms with Gasteiger partial charge in [-0.05, 0) is 55.2 Å². The SMILES string of the molecule is CCc1ccc(C(=O)NC(=NC[C@@H]2CCCO2)Nc2cccc(C(=O)OC)c2)cc1. The second-order valence-corrected chi connectivity index (χ2v) is 7.03. The molecule has 0 unspecified atom stereocenters.